The molecule has 0 N–H and O–H groups in total. The van der Waals surface area contributed by atoms with E-state index in [0.29, 0.717) is 24.9 Å². The van der Waals surface area contributed by atoms with Crippen LogP contribution in [0.25, 0.3) is 0 Å². The zero-order chi connectivity index (χ0) is 19.0. The first-order valence-electron chi connectivity index (χ1n) is 10.2. The Labute approximate surface area is 162 Å². The van der Waals surface area contributed by atoms with Crippen LogP contribution in [0, 0.1) is 17.8 Å². The summed E-state index contributed by atoms with van der Waals surface area (Å²) in [6.45, 7) is 3.43. The minimum Gasteiger partial charge on any atom is -0.340 e. The molecular weight excluding hydrogens is 360 g/mol. The number of nitrogens with zero attached hydrogens (tertiary/aromatic N) is 2. The molecule has 1 aliphatic carbocycles. The molecule has 2 atom stereocenters. The number of carbonyl (C=O) groups is 1. The largest absolute Gasteiger partial charge is 0.340 e. The highest BCUT2D eigenvalue weighted by atomic mass is 32.2. The Balaban J connectivity index is 1.44. The van der Waals surface area contributed by atoms with Crippen LogP contribution in [0.2, 0.25) is 0 Å². The van der Waals surface area contributed by atoms with Crippen LogP contribution in [0.4, 0.5) is 0 Å². The minimum absolute atomic E-state index is 0.0253. The third-order valence-electron chi connectivity index (χ3n) is 6.78. The van der Waals surface area contributed by atoms with Crippen molar-refractivity contribution < 1.29 is 13.2 Å². The molecule has 2 heterocycles. The molecule has 4 rings (SSSR count). The molecule has 1 amide bonds. The van der Waals surface area contributed by atoms with E-state index in [0.717, 1.165) is 19.6 Å². The maximum Gasteiger partial charge on any atom is 0.227 e. The first-order valence-corrected chi connectivity index (χ1v) is 12.1. The summed E-state index contributed by atoms with van der Waals surface area (Å²) in [7, 11) is -3.04. The van der Waals surface area contributed by atoms with E-state index in [9.17, 15) is 13.2 Å². The van der Waals surface area contributed by atoms with E-state index in [1.807, 2.05) is 6.07 Å². The zero-order valence-corrected chi connectivity index (χ0v) is 16.9. The van der Waals surface area contributed by atoms with Gasteiger partial charge in [-0.2, -0.15) is 0 Å². The standard InChI is InChI=1S/C21H30N2O3S/c1-27(25,26)18-12-23(13-18)21(24)20-15-22(11-16-7-3-2-4-8-16)14-19(20)17-9-5-6-10-17/h2-4,7-8,17-20H,5-6,9-15H2,1H3/t19-,20+/m0/s1. The SMILES string of the molecule is CS(=O)(=O)C1CN(C(=O)[C@@H]2CN(Cc3ccccc3)C[C@H]2C2CCCC2)C1. The van der Waals surface area contributed by atoms with Gasteiger partial charge < -0.3 is 4.90 Å². The van der Waals surface area contributed by atoms with E-state index < -0.39 is 9.84 Å². The first-order chi connectivity index (χ1) is 12.9. The second-order valence-corrected chi connectivity index (χ2v) is 11.0. The molecule has 1 aromatic rings. The van der Waals surface area contributed by atoms with E-state index >= 15 is 0 Å². The molecule has 148 valence electrons. The Morgan fingerprint density at radius 3 is 2.33 bits per heavy atom. The third kappa shape index (κ3) is 4.06. The zero-order valence-electron chi connectivity index (χ0n) is 16.1. The lowest BCUT2D eigenvalue weighted by molar-refractivity contribution is -0.140. The molecular formula is C21H30N2O3S. The topological polar surface area (TPSA) is 57.7 Å². The Morgan fingerprint density at radius 2 is 1.70 bits per heavy atom. The summed E-state index contributed by atoms with van der Waals surface area (Å²) < 4.78 is 23.4. The summed E-state index contributed by atoms with van der Waals surface area (Å²) in [6, 6.07) is 10.4. The predicted octanol–water partition coefficient (Wildman–Crippen LogP) is 2.18. The molecule has 2 saturated heterocycles. The number of sulfone groups is 1. The highest BCUT2D eigenvalue weighted by Gasteiger charge is 2.47. The summed E-state index contributed by atoms with van der Waals surface area (Å²) in [5, 5.41) is -0.367. The van der Waals surface area contributed by atoms with Gasteiger partial charge in [-0.15, -0.1) is 0 Å². The average molecular weight is 391 g/mol. The molecule has 5 nitrogen and oxygen atoms in total. The summed E-state index contributed by atoms with van der Waals surface area (Å²) in [4.78, 5) is 17.4. The van der Waals surface area contributed by atoms with Crippen molar-refractivity contribution in [3.8, 4) is 0 Å². The van der Waals surface area contributed by atoms with Crippen LogP contribution in [-0.2, 0) is 21.2 Å². The summed E-state index contributed by atoms with van der Waals surface area (Å²) in [6.07, 6.45) is 6.30. The van der Waals surface area contributed by atoms with Gasteiger partial charge >= 0.3 is 0 Å². The molecule has 1 aromatic carbocycles. The number of benzene rings is 1. The van der Waals surface area contributed by atoms with Gasteiger partial charge in [0.15, 0.2) is 9.84 Å². The van der Waals surface area contributed by atoms with Gasteiger partial charge in [-0.1, -0.05) is 56.0 Å². The van der Waals surface area contributed by atoms with Gasteiger partial charge in [0.05, 0.1) is 11.2 Å². The normalized spacial score (nSPS) is 27.8. The first kappa shape index (κ1) is 18.9. The average Bonchev–Trinajstić information content (AvgIpc) is 3.22. The number of hydrogen-bond donors (Lipinski definition) is 0. The third-order valence-corrected chi connectivity index (χ3v) is 8.29. The smallest absolute Gasteiger partial charge is 0.227 e. The predicted molar refractivity (Wildman–Crippen MR) is 106 cm³/mol. The van der Waals surface area contributed by atoms with Crippen LogP contribution >= 0.6 is 0 Å². The lowest BCUT2D eigenvalue weighted by Gasteiger charge is -2.40. The van der Waals surface area contributed by atoms with Crippen LogP contribution in [0.5, 0.6) is 0 Å². The van der Waals surface area contributed by atoms with Crippen LogP contribution in [0.3, 0.4) is 0 Å². The second-order valence-electron chi connectivity index (χ2n) is 8.69. The molecule has 0 unspecified atom stereocenters. The molecule has 3 aliphatic rings. The number of likely N-dealkylation sites (tertiary alicyclic amines) is 2. The minimum atomic E-state index is -3.04. The molecule has 2 aliphatic heterocycles. The Kier molecular flexibility index (Phi) is 5.30. The fourth-order valence-corrected chi connectivity index (χ4v) is 6.03. The van der Waals surface area contributed by atoms with Gasteiger partial charge in [0.2, 0.25) is 5.91 Å². The van der Waals surface area contributed by atoms with Crippen LogP contribution < -0.4 is 0 Å². The molecule has 6 heteroatoms. The van der Waals surface area contributed by atoms with Crippen molar-refractivity contribution in [1.29, 1.82) is 0 Å². The van der Waals surface area contributed by atoms with Gasteiger partial charge in [-0.3, -0.25) is 9.69 Å². The van der Waals surface area contributed by atoms with Crippen LogP contribution in [0.1, 0.15) is 31.2 Å². The molecule has 0 aromatic heterocycles. The van der Waals surface area contributed by atoms with Crippen molar-refractivity contribution in [3.63, 3.8) is 0 Å². The fraction of sp³-hybridized carbons (Fsp3) is 0.667. The maximum absolute atomic E-state index is 13.2. The van der Waals surface area contributed by atoms with Gasteiger partial charge in [0, 0.05) is 39.0 Å². The van der Waals surface area contributed by atoms with Crippen molar-refractivity contribution in [2.24, 2.45) is 17.8 Å². The fourth-order valence-electron chi connectivity index (χ4n) is 5.13. The molecule has 0 bridgehead atoms. The summed E-state index contributed by atoms with van der Waals surface area (Å²) in [5.74, 6) is 1.27. The Morgan fingerprint density at radius 1 is 1.04 bits per heavy atom. The van der Waals surface area contributed by atoms with Crippen LogP contribution in [0.15, 0.2) is 30.3 Å². The van der Waals surface area contributed by atoms with Crippen LogP contribution in [-0.4, -0.2) is 61.8 Å². The number of amides is 1. The summed E-state index contributed by atoms with van der Waals surface area (Å²) in [5.41, 5.74) is 1.29. The lowest BCUT2D eigenvalue weighted by atomic mass is 9.82. The van der Waals surface area contributed by atoms with E-state index in [1.54, 1.807) is 4.90 Å². The Bertz CT molecular complexity index is 768. The quantitative estimate of drug-likeness (QED) is 0.773. The van der Waals surface area contributed by atoms with E-state index in [1.165, 1.54) is 37.5 Å². The number of hydrogen-bond acceptors (Lipinski definition) is 4. The van der Waals surface area contributed by atoms with E-state index in [2.05, 4.69) is 29.2 Å². The molecule has 1 saturated carbocycles. The van der Waals surface area contributed by atoms with E-state index in [-0.39, 0.29) is 17.1 Å². The molecule has 0 radical (unpaired) electrons. The molecule has 27 heavy (non-hydrogen) atoms. The second kappa shape index (κ2) is 7.55. The maximum atomic E-state index is 13.2. The summed E-state index contributed by atoms with van der Waals surface area (Å²) >= 11 is 0. The van der Waals surface area contributed by atoms with Gasteiger partial charge in [0.1, 0.15) is 0 Å². The van der Waals surface area contributed by atoms with E-state index in [4.69, 9.17) is 0 Å². The Hall–Kier alpha value is -1.40. The lowest BCUT2D eigenvalue weighted by Crippen LogP contribution is -2.58. The molecule has 3 fully saturated rings. The number of carbonyl (C=O) groups excluding carboxylic acids is 1. The number of rotatable bonds is 5. The van der Waals surface area contributed by atoms with Crippen molar-refractivity contribution in [1.82, 2.24) is 9.80 Å². The van der Waals surface area contributed by atoms with Gasteiger partial charge in [-0.25, -0.2) is 8.42 Å². The van der Waals surface area contributed by atoms with Crippen molar-refractivity contribution in [2.75, 3.05) is 32.4 Å². The van der Waals surface area contributed by atoms with Gasteiger partial charge in [-0.05, 0) is 17.4 Å². The van der Waals surface area contributed by atoms with Crippen molar-refractivity contribution in [2.45, 2.75) is 37.5 Å². The van der Waals surface area contributed by atoms with Gasteiger partial charge in [0.25, 0.3) is 0 Å². The highest BCUT2D eigenvalue weighted by molar-refractivity contribution is 7.91. The highest BCUT2D eigenvalue weighted by Crippen LogP contribution is 2.41. The van der Waals surface area contributed by atoms with Crippen molar-refractivity contribution in [3.05, 3.63) is 35.9 Å². The van der Waals surface area contributed by atoms with Crippen molar-refractivity contribution >= 4 is 15.7 Å². The monoisotopic (exact) mass is 390 g/mol. The molecule has 0 spiro atoms.